The first-order chi connectivity index (χ1) is 9.68. The Hall–Kier alpha value is -0.900. The number of hydrogen-bond donors (Lipinski definition) is 1. The normalized spacial score (nSPS) is 12.6. The summed E-state index contributed by atoms with van der Waals surface area (Å²) < 4.78 is 64.6. The number of halogens is 4. The molecule has 0 amide bonds. The zero-order chi connectivity index (χ0) is 15.7. The van der Waals surface area contributed by atoms with Gasteiger partial charge in [0.2, 0.25) is 10.0 Å². The molecule has 0 fully saturated rings. The van der Waals surface area contributed by atoms with Crippen LogP contribution in [-0.4, -0.2) is 8.42 Å². The Morgan fingerprint density at radius 1 is 1.19 bits per heavy atom. The van der Waals surface area contributed by atoms with Gasteiger partial charge >= 0.3 is 6.18 Å². The average molecular weight is 400 g/mol. The van der Waals surface area contributed by atoms with Gasteiger partial charge in [0.05, 0.1) is 9.35 Å². The van der Waals surface area contributed by atoms with Crippen molar-refractivity contribution < 1.29 is 21.6 Å². The fourth-order valence-electron chi connectivity index (χ4n) is 1.55. The van der Waals surface area contributed by atoms with Crippen molar-refractivity contribution in [3.05, 3.63) is 51.3 Å². The molecule has 0 aliphatic rings. The zero-order valence-corrected chi connectivity index (χ0v) is 13.5. The summed E-state index contributed by atoms with van der Waals surface area (Å²) in [5, 5.41) is 0. The van der Waals surface area contributed by atoms with E-state index in [1.54, 1.807) is 6.07 Å². The van der Waals surface area contributed by atoms with Crippen LogP contribution in [0, 0.1) is 0 Å². The molecule has 1 aromatic carbocycles. The summed E-state index contributed by atoms with van der Waals surface area (Å²) in [7, 11) is -3.73. The summed E-state index contributed by atoms with van der Waals surface area (Å²) in [5.74, 6) is 0. The minimum Gasteiger partial charge on any atom is -0.206 e. The van der Waals surface area contributed by atoms with Crippen LogP contribution in [0.4, 0.5) is 13.2 Å². The third-order valence-corrected chi connectivity index (χ3v) is 6.05. The van der Waals surface area contributed by atoms with Gasteiger partial charge in [-0.05, 0) is 39.7 Å². The van der Waals surface area contributed by atoms with Crippen LogP contribution < -0.4 is 4.72 Å². The van der Waals surface area contributed by atoms with Gasteiger partial charge in [0.15, 0.2) is 0 Å². The number of rotatable bonds is 4. The molecule has 0 radical (unpaired) electrons. The average Bonchev–Trinajstić information content (AvgIpc) is 2.83. The lowest BCUT2D eigenvalue weighted by Gasteiger charge is -2.09. The van der Waals surface area contributed by atoms with Crippen LogP contribution in [0.2, 0.25) is 0 Å². The van der Waals surface area contributed by atoms with Crippen molar-refractivity contribution in [2.75, 3.05) is 0 Å². The molecule has 0 atom stereocenters. The molecule has 114 valence electrons. The SMILES string of the molecule is O=S(=O)(NCc1cccc(C(F)(F)F)c1)c1ccc(Br)s1. The molecular formula is C12H9BrF3NO2S2. The minimum atomic E-state index is -4.45. The first kappa shape index (κ1) is 16.5. The van der Waals surface area contributed by atoms with Crippen LogP contribution >= 0.6 is 27.3 Å². The van der Waals surface area contributed by atoms with Crippen molar-refractivity contribution in [3.63, 3.8) is 0 Å². The number of hydrogen-bond acceptors (Lipinski definition) is 3. The standard InChI is InChI=1S/C12H9BrF3NO2S2/c13-10-4-5-11(20-10)21(18,19)17-7-8-2-1-3-9(6-8)12(14,15)16/h1-6,17H,7H2. The fraction of sp³-hybridized carbons (Fsp3) is 0.167. The molecule has 9 heteroatoms. The van der Waals surface area contributed by atoms with E-state index in [4.69, 9.17) is 0 Å². The van der Waals surface area contributed by atoms with E-state index >= 15 is 0 Å². The highest BCUT2D eigenvalue weighted by Gasteiger charge is 2.30. The molecule has 1 heterocycles. The Morgan fingerprint density at radius 2 is 1.90 bits per heavy atom. The van der Waals surface area contributed by atoms with Gasteiger partial charge in [-0.2, -0.15) is 13.2 Å². The van der Waals surface area contributed by atoms with Gasteiger partial charge in [-0.15, -0.1) is 11.3 Å². The number of sulfonamides is 1. The van der Waals surface area contributed by atoms with E-state index in [0.717, 1.165) is 23.5 Å². The zero-order valence-electron chi connectivity index (χ0n) is 10.3. The van der Waals surface area contributed by atoms with Crippen molar-refractivity contribution in [3.8, 4) is 0 Å². The highest BCUT2D eigenvalue weighted by atomic mass is 79.9. The number of thiophene rings is 1. The Morgan fingerprint density at radius 3 is 2.48 bits per heavy atom. The third kappa shape index (κ3) is 4.29. The Kier molecular flexibility index (Phi) is 4.76. The lowest BCUT2D eigenvalue weighted by Crippen LogP contribution is -2.22. The summed E-state index contributed by atoms with van der Waals surface area (Å²) in [6.45, 7) is -0.207. The number of alkyl halides is 3. The second-order valence-corrected chi connectivity index (χ2v) is 8.54. The molecule has 0 unspecified atom stereocenters. The Bertz CT molecular complexity index is 741. The molecule has 0 bridgehead atoms. The number of nitrogens with one attached hydrogen (secondary N) is 1. The molecule has 0 saturated heterocycles. The molecule has 2 rings (SSSR count). The molecule has 3 nitrogen and oxygen atoms in total. The van der Waals surface area contributed by atoms with Gasteiger partial charge in [0.25, 0.3) is 0 Å². The van der Waals surface area contributed by atoms with Gasteiger partial charge in [-0.25, -0.2) is 13.1 Å². The van der Waals surface area contributed by atoms with Crippen LogP contribution in [0.15, 0.2) is 44.4 Å². The van der Waals surface area contributed by atoms with Crippen LogP contribution in [0.3, 0.4) is 0 Å². The van der Waals surface area contributed by atoms with Crippen LogP contribution in [-0.2, 0) is 22.7 Å². The first-order valence-electron chi connectivity index (χ1n) is 5.59. The fourth-order valence-corrected chi connectivity index (χ4v) is 4.62. The summed E-state index contributed by atoms with van der Waals surface area (Å²) in [6.07, 6.45) is -4.45. The summed E-state index contributed by atoms with van der Waals surface area (Å²) in [4.78, 5) is 0. The molecule has 0 spiro atoms. The third-order valence-electron chi connectivity index (χ3n) is 2.53. The Labute approximate surface area is 132 Å². The van der Waals surface area contributed by atoms with E-state index in [2.05, 4.69) is 20.7 Å². The van der Waals surface area contributed by atoms with Gasteiger partial charge in [-0.3, -0.25) is 0 Å². The van der Waals surface area contributed by atoms with Crippen molar-refractivity contribution in [2.45, 2.75) is 16.9 Å². The first-order valence-corrected chi connectivity index (χ1v) is 8.69. The second-order valence-electron chi connectivity index (χ2n) is 4.08. The molecule has 0 aliphatic carbocycles. The molecule has 0 aliphatic heterocycles. The van der Waals surface area contributed by atoms with Crippen LogP contribution in [0.5, 0.6) is 0 Å². The molecule has 2 aromatic rings. The maximum Gasteiger partial charge on any atom is 0.416 e. The molecule has 1 N–H and O–H groups in total. The van der Waals surface area contributed by atoms with E-state index in [1.165, 1.54) is 18.2 Å². The lowest BCUT2D eigenvalue weighted by atomic mass is 10.1. The van der Waals surface area contributed by atoms with E-state index in [-0.39, 0.29) is 16.3 Å². The van der Waals surface area contributed by atoms with Gasteiger partial charge in [0, 0.05) is 6.54 Å². The van der Waals surface area contributed by atoms with Crippen molar-refractivity contribution in [2.24, 2.45) is 0 Å². The number of benzene rings is 1. The topological polar surface area (TPSA) is 46.2 Å². The van der Waals surface area contributed by atoms with Crippen molar-refractivity contribution in [1.82, 2.24) is 4.72 Å². The molecule has 1 aromatic heterocycles. The predicted octanol–water partition coefficient (Wildman–Crippen LogP) is 4.01. The monoisotopic (exact) mass is 399 g/mol. The summed E-state index contributed by atoms with van der Waals surface area (Å²) in [6, 6.07) is 7.55. The van der Waals surface area contributed by atoms with Gasteiger partial charge < -0.3 is 0 Å². The summed E-state index contributed by atoms with van der Waals surface area (Å²) in [5.41, 5.74) is -0.568. The van der Waals surface area contributed by atoms with Gasteiger partial charge in [0.1, 0.15) is 4.21 Å². The van der Waals surface area contributed by atoms with E-state index in [0.29, 0.717) is 3.79 Å². The molecule has 21 heavy (non-hydrogen) atoms. The highest BCUT2D eigenvalue weighted by molar-refractivity contribution is 9.11. The maximum absolute atomic E-state index is 12.6. The molecular weight excluding hydrogens is 391 g/mol. The lowest BCUT2D eigenvalue weighted by molar-refractivity contribution is -0.137. The van der Waals surface area contributed by atoms with Crippen molar-refractivity contribution in [1.29, 1.82) is 0 Å². The largest absolute Gasteiger partial charge is 0.416 e. The van der Waals surface area contributed by atoms with E-state index < -0.39 is 21.8 Å². The summed E-state index contributed by atoms with van der Waals surface area (Å²) >= 11 is 4.18. The predicted molar refractivity (Wildman–Crippen MR) is 77.5 cm³/mol. The van der Waals surface area contributed by atoms with Crippen molar-refractivity contribution >= 4 is 37.3 Å². The minimum absolute atomic E-state index is 0.0985. The quantitative estimate of drug-likeness (QED) is 0.843. The smallest absolute Gasteiger partial charge is 0.206 e. The van der Waals surface area contributed by atoms with Crippen LogP contribution in [0.25, 0.3) is 0 Å². The molecule has 0 saturated carbocycles. The van der Waals surface area contributed by atoms with Crippen LogP contribution in [0.1, 0.15) is 11.1 Å². The Balaban J connectivity index is 2.13. The van der Waals surface area contributed by atoms with Gasteiger partial charge in [-0.1, -0.05) is 18.2 Å². The highest BCUT2D eigenvalue weighted by Crippen LogP contribution is 2.30. The van der Waals surface area contributed by atoms with E-state index in [9.17, 15) is 21.6 Å². The second kappa shape index (κ2) is 6.07. The van der Waals surface area contributed by atoms with E-state index in [1.807, 2.05) is 0 Å². The maximum atomic E-state index is 12.6.